The van der Waals surface area contributed by atoms with Gasteiger partial charge in [0.1, 0.15) is 9.88 Å². The molecule has 0 saturated carbocycles. The number of nitrogens with one attached hydrogen (secondary N) is 1. The molecule has 0 aliphatic carbocycles. The maximum atomic E-state index is 12.2. The van der Waals surface area contributed by atoms with Crippen molar-refractivity contribution in [2.24, 2.45) is 0 Å². The van der Waals surface area contributed by atoms with E-state index in [1.54, 1.807) is 37.3 Å². The van der Waals surface area contributed by atoms with Crippen LogP contribution in [0.1, 0.15) is 31.2 Å². The maximum absolute atomic E-state index is 12.2. The van der Waals surface area contributed by atoms with E-state index in [1.807, 2.05) is 0 Å². The van der Waals surface area contributed by atoms with Crippen LogP contribution in [0.15, 0.2) is 30.3 Å². The summed E-state index contributed by atoms with van der Waals surface area (Å²) in [5.41, 5.74) is 7.55. The zero-order valence-electron chi connectivity index (χ0n) is 14.5. The average molecular weight is 374 g/mol. The molecule has 0 aliphatic heterocycles. The minimum atomic E-state index is -0.647. The fraction of sp³-hybridized carbons (Fsp3) is 0.167. The molecule has 0 unspecified atom stereocenters. The van der Waals surface area contributed by atoms with Crippen LogP contribution in [-0.4, -0.2) is 32.1 Å². The molecule has 26 heavy (non-hydrogen) atoms. The zero-order chi connectivity index (χ0) is 19.3. The summed E-state index contributed by atoms with van der Waals surface area (Å²) >= 11 is 0.957. The summed E-state index contributed by atoms with van der Waals surface area (Å²) < 4.78 is 9.44. The minimum Gasteiger partial charge on any atom is -0.465 e. The van der Waals surface area contributed by atoms with E-state index < -0.39 is 17.8 Å². The molecule has 0 fully saturated rings. The number of thiophene rings is 1. The molecule has 0 saturated heterocycles. The minimum absolute atomic E-state index is 0.132. The average Bonchev–Trinajstić information content (AvgIpc) is 2.96. The Balaban J connectivity index is 2.26. The summed E-state index contributed by atoms with van der Waals surface area (Å²) in [4.78, 5) is 36.3. The van der Waals surface area contributed by atoms with Crippen LogP contribution in [0.5, 0.6) is 0 Å². The van der Waals surface area contributed by atoms with Gasteiger partial charge in [-0.05, 0) is 36.3 Å². The molecule has 0 atom stereocenters. The van der Waals surface area contributed by atoms with E-state index in [4.69, 9.17) is 15.2 Å². The van der Waals surface area contributed by atoms with Gasteiger partial charge in [-0.25, -0.2) is 9.59 Å². The SMILES string of the molecule is COC(=O)c1sc(NC(=O)/C=C/c2ccc(N)cc2)c(C(=O)OC)c1C. The number of anilines is 2. The Morgan fingerprint density at radius 2 is 1.69 bits per heavy atom. The van der Waals surface area contributed by atoms with Crippen LogP contribution in [0, 0.1) is 6.92 Å². The number of esters is 2. The molecule has 0 aliphatic rings. The summed E-state index contributed by atoms with van der Waals surface area (Å²) in [6.07, 6.45) is 2.92. The van der Waals surface area contributed by atoms with Gasteiger partial charge < -0.3 is 20.5 Å². The maximum Gasteiger partial charge on any atom is 0.348 e. The predicted octanol–water partition coefficient (Wildman–Crippen LogP) is 2.86. The molecule has 0 spiro atoms. The molecule has 136 valence electrons. The Labute approximate surface area is 154 Å². The fourth-order valence-electron chi connectivity index (χ4n) is 2.17. The number of hydrogen-bond acceptors (Lipinski definition) is 7. The first-order chi connectivity index (χ1) is 12.4. The monoisotopic (exact) mass is 374 g/mol. The van der Waals surface area contributed by atoms with Crippen molar-refractivity contribution >= 4 is 45.9 Å². The van der Waals surface area contributed by atoms with Crippen molar-refractivity contribution in [3.8, 4) is 0 Å². The molecule has 3 N–H and O–H groups in total. The normalized spacial score (nSPS) is 10.6. The third-order valence-corrected chi connectivity index (χ3v) is 4.69. The lowest BCUT2D eigenvalue weighted by Gasteiger charge is -2.04. The van der Waals surface area contributed by atoms with E-state index in [0.717, 1.165) is 16.9 Å². The lowest BCUT2D eigenvalue weighted by atomic mass is 10.1. The van der Waals surface area contributed by atoms with Crippen LogP contribution in [-0.2, 0) is 14.3 Å². The number of carbonyl (C=O) groups is 3. The first kappa shape index (κ1) is 19.2. The number of carbonyl (C=O) groups excluding carboxylic acids is 3. The van der Waals surface area contributed by atoms with Crippen molar-refractivity contribution in [2.45, 2.75) is 6.92 Å². The van der Waals surface area contributed by atoms with Crippen LogP contribution in [0.3, 0.4) is 0 Å². The first-order valence-corrected chi connectivity index (χ1v) is 8.33. The second-order valence-electron chi connectivity index (χ2n) is 5.23. The lowest BCUT2D eigenvalue weighted by Crippen LogP contribution is -2.11. The largest absolute Gasteiger partial charge is 0.465 e. The molecule has 0 radical (unpaired) electrons. The van der Waals surface area contributed by atoms with Crippen molar-refractivity contribution in [1.82, 2.24) is 0 Å². The van der Waals surface area contributed by atoms with Crippen molar-refractivity contribution in [1.29, 1.82) is 0 Å². The number of nitrogen functional groups attached to an aromatic ring is 1. The molecular weight excluding hydrogens is 356 g/mol. The van der Waals surface area contributed by atoms with Crippen LogP contribution < -0.4 is 11.1 Å². The number of hydrogen-bond donors (Lipinski definition) is 2. The van der Waals surface area contributed by atoms with Gasteiger partial charge in [0, 0.05) is 11.8 Å². The second-order valence-corrected chi connectivity index (χ2v) is 6.25. The quantitative estimate of drug-likeness (QED) is 0.473. The molecular formula is C18H18N2O5S. The highest BCUT2D eigenvalue weighted by atomic mass is 32.1. The van der Waals surface area contributed by atoms with Gasteiger partial charge in [-0.1, -0.05) is 12.1 Å². The summed E-state index contributed by atoms with van der Waals surface area (Å²) in [7, 11) is 2.47. The second kappa shape index (κ2) is 8.30. The van der Waals surface area contributed by atoms with Crippen molar-refractivity contribution in [3.63, 3.8) is 0 Å². The molecule has 1 amide bonds. The van der Waals surface area contributed by atoms with E-state index in [0.29, 0.717) is 11.3 Å². The Morgan fingerprint density at radius 3 is 2.27 bits per heavy atom. The number of methoxy groups -OCH3 is 2. The Bertz CT molecular complexity index is 868. The van der Waals surface area contributed by atoms with Gasteiger partial charge in [0.05, 0.1) is 19.8 Å². The highest BCUT2D eigenvalue weighted by Gasteiger charge is 2.26. The number of benzene rings is 1. The Morgan fingerprint density at radius 1 is 1.08 bits per heavy atom. The van der Waals surface area contributed by atoms with Gasteiger partial charge in [-0.2, -0.15) is 0 Å². The molecule has 0 bridgehead atoms. The summed E-state index contributed by atoms with van der Waals surface area (Å²) in [6, 6.07) is 6.98. The first-order valence-electron chi connectivity index (χ1n) is 7.52. The lowest BCUT2D eigenvalue weighted by molar-refractivity contribution is -0.111. The number of amides is 1. The molecule has 1 aromatic heterocycles. The van der Waals surface area contributed by atoms with Crippen molar-refractivity contribution < 1.29 is 23.9 Å². The fourth-order valence-corrected chi connectivity index (χ4v) is 3.29. The van der Waals surface area contributed by atoms with Gasteiger partial charge in [0.2, 0.25) is 5.91 Å². The highest BCUT2D eigenvalue weighted by molar-refractivity contribution is 7.18. The number of nitrogens with two attached hydrogens (primary N) is 1. The van der Waals surface area contributed by atoms with E-state index in [1.165, 1.54) is 20.3 Å². The predicted molar refractivity (Wildman–Crippen MR) is 100 cm³/mol. The van der Waals surface area contributed by atoms with Gasteiger partial charge in [0.15, 0.2) is 0 Å². The molecule has 1 aromatic carbocycles. The van der Waals surface area contributed by atoms with Gasteiger partial charge in [-0.3, -0.25) is 4.79 Å². The van der Waals surface area contributed by atoms with Crippen LogP contribution in [0.25, 0.3) is 6.08 Å². The van der Waals surface area contributed by atoms with E-state index in [-0.39, 0.29) is 15.4 Å². The van der Waals surface area contributed by atoms with Crippen molar-refractivity contribution in [2.75, 3.05) is 25.3 Å². The summed E-state index contributed by atoms with van der Waals surface area (Å²) in [6.45, 7) is 1.59. The topological polar surface area (TPSA) is 108 Å². The number of rotatable bonds is 5. The molecule has 7 nitrogen and oxygen atoms in total. The van der Waals surface area contributed by atoms with Crippen LogP contribution >= 0.6 is 11.3 Å². The molecule has 2 aromatic rings. The van der Waals surface area contributed by atoms with Gasteiger partial charge in [-0.15, -0.1) is 11.3 Å². The molecule has 8 heteroatoms. The molecule has 2 rings (SSSR count). The Kier molecular flexibility index (Phi) is 6.13. The highest BCUT2D eigenvalue weighted by Crippen LogP contribution is 2.34. The van der Waals surface area contributed by atoms with Gasteiger partial charge in [0.25, 0.3) is 0 Å². The third-order valence-electron chi connectivity index (χ3n) is 3.51. The van der Waals surface area contributed by atoms with Gasteiger partial charge >= 0.3 is 11.9 Å². The summed E-state index contributed by atoms with van der Waals surface area (Å²) in [5.74, 6) is -1.69. The van der Waals surface area contributed by atoms with E-state index in [2.05, 4.69) is 5.32 Å². The summed E-state index contributed by atoms with van der Waals surface area (Å²) in [5, 5.41) is 2.83. The van der Waals surface area contributed by atoms with Crippen LogP contribution in [0.2, 0.25) is 0 Å². The zero-order valence-corrected chi connectivity index (χ0v) is 15.3. The third kappa shape index (κ3) is 4.28. The van der Waals surface area contributed by atoms with Crippen LogP contribution in [0.4, 0.5) is 10.7 Å². The van der Waals surface area contributed by atoms with Crippen molar-refractivity contribution in [3.05, 3.63) is 51.9 Å². The standard InChI is InChI=1S/C18H18N2O5S/c1-10-14(17(22)24-2)16(26-15(10)18(23)25-3)20-13(21)9-6-11-4-7-12(19)8-5-11/h4-9H,19H2,1-3H3,(H,20,21)/b9-6+. The van der Waals surface area contributed by atoms with E-state index in [9.17, 15) is 14.4 Å². The number of ether oxygens (including phenoxy) is 2. The molecule has 1 heterocycles. The van der Waals surface area contributed by atoms with E-state index >= 15 is 0 Å². The smallest absolute Gasteiger partial charge is 0.348 e. The Hall–Kier alpha value is -3.13.